The molecule has 0 atom stereocenters. The standard InChI is InChI=1S/C6H11N2O2.C2F6NO4S2/c1-6-7(9-2)4-5-8(6)10-3;3-1(4,5)14(10,11)9-15(12,13)2(6,7)8/h4-5H,1-3H3;/q+1;-1. The van der Waals surface area contributed by atoms with Gasteiger partial charge >= 0.3 is 16.8 Å². The minimum absolute atomic E-state index is 0.778. The summed E-state index contributed by atoms with van der Waals surface area (Å²) >= 11 is 0. The molecule has 0 N–H and O–H groups in total. The maximum absolute atomic E-state index is 11.4. The SMILES string of the molecule is COn1cc[n+](OC)c1C.O=S(=O)([N-]S(=O)(=O)C(F)(F)F)C(F)(F)F. The molecule has 0 saturated carbocycles. The van der Waals surface area contributed by atoms with Gasteiger partial charge in [-0.1, -0.05) is 0 Å². The van der Waals surface area contributed by atoms with Crippen LogP contribution in [-0.4, -0.2) is 46.8 Å². The molecule has 148 valence electrons. The number of aromatic nitrogens is 2. The second-order valence-electron chi connectivity index (χ2n) is 3.78. The van der Waals surface area contributed by atoms with E-state index < -0.39 is 31.1 Å². The van der Waals surface area contributed by atoms with Crippen molar-refractivity contribution >= 4 is 20.0 Å². The van der Waals surface area contributed by atoms with Crippen LogP contribution in [0.3, 0.4) is 0 Å². The zero-order chi connectivity index (χ0) is 20.3. The van der Waals surface area contributed by atoms with Crippen LogP contribution < -0.4 is 14.4 Å². The predicted octanol–water partition coefficient (Wildman–Crippen LogP) is 0.260. The minimum Gasteiger partial charge on any atom is -0.421 e. The molecular weight excluding hydrogens is 412 g/mol. The second-order valence-corrected chi connectivity index (χ2v) is 7.20. The fourth-order valence-electron chi connectivity index (χ4n) is 1.03. The molecule has 9 nitrogen and oxygen atoms in total. The van der Waals surface area contributed by atoms with Gasteiger partial charge in [-0.25, -0.2) is 16.8 Å². The molecule has 1 rings (SSSR count). The van der Waals surface area contributed by atoms with Gasteiger partial charge in [-0.2, -0.15) is 26.3 Å². The van der Waals surface area contributed by atoms with E-state index in [1.807, 2.05) is 6.92 Å². The van der Waals surface area contributed by atoms with Crippen LogP contribution in [0.5, 0.6) is 0 Å². The van der Waals surface area contributed by atoms with Gasteiger partial charge in [0.25, 0.3) is 0 Å². The monoisotopic (exact) mass is 423 g/mol. The number of halogens is 6. The van der Waals surface area contributed by atoms with Crippen LogP contribution >= 0.6 is 0 Å². The Hall–Kier alpha value is -1.75. The van der Waals surface area contributed by atoms with E-state index in [1.54, 1.807) is 36.1 Å². The topological polar surface area (TPSA) is 110 Å². The van der Waals surface area contributed by atoms with Gasteiger partial charge in [-0.3, -0.25) is 0 Å². The Kier molecular flexibility index (Phi) is 7.11. The Morgan fingerprint density at radius 2 is 1.40 bits per heavy atom. The summed E-state index contributed by atoms with van der Waals surface area (Å²) in [5.74, 6) is 0.894. The summed E-state index contributed by atoms with van der Waals surface area (Å²) in [7, 11) is -10.2. The van der Waals surface area contributed by atoms with E-state index in [-0.39, 0.29) is 0 Å². The molecule has 0 aliphatic carbocycles. The lowest BCUT2D eigenvalue weighted by molar-refractivity contribution is -0.889. The van der Waals surface area contributed by atoms with Crippen LogP contribution in [0.1, 0.15) is 5.82 Å². The summed E-state index contributed by atoms with van der Waals surface area (Å²) in [6.45, 7) is 1.90. The maximum Gasteiger partial charge on any atom is 0.480 e. The summed E-state index contributed by atoms with van der Waals surface area (Å²) in [4.78, 5) is 9.89. The van der Waals surface area contributed by atoms with Crippen molar-refractivity contribution in [2.45, 2.75) is 17.9 Å². The molecule has 0 aromatic carbocycles. The number of nitrogens with zero attached hydrogens (tertiary/aromatic N) is 3. The smallest absolute Gasteiger partial charge is 0.421 e. The first-order valence-corrected chi connectivity index (χ1v) is 8.43. The lowest BCUT2D eigenvalue weighted by Crippen LogP contribution is -2.42. The quantitative estimate of drug-likeness (QED) is 0.508. The van der Waals surface area contributed by atoms with Crippen molar-refractivity contribution < 1.29 is 57.6 Å². The Morgan fingerprint density at radius 3 is 1.60 bits per heavy atom. The van der Waals surface area contributed by atoms with Gasteiger partial charge in [-0.05, 0) is 9.46 Å². The third-order valence-corrected chi connectivity index (χ3v) is 4.89. The summed E-state index contributed by atoms with van der Waals surface area (Å²) < 4.78 is 112. The third kappa shape index (κ3) is 5.92. The molecule has 25 heavy (non-hydrogen) atoms. The molecule has 1 aromatic heterocycles. The Morgan fingerprint density at radius 1 is 1.00 bits per heavy atom. The van der Waals surface area contributed by atoms with Crippen LogP contribution in [0.4, 0.5) is 26.3 Å². The normalized spacial score (nSPS) is 13.0. The molecule has 0 amide bonds. The summed E-state index contributed by atoms with van der Waals surface area (Å²) in [6, 6.07) is 0. The van der Waals surface area contributed by atoms with Gasteiger partial charge in [0.1, 0.15) is 14.2 Å². The molecule has 1 aromatic rings. The molecular formula is C8H11F6N3O6S2. The van der Waals surface area contributed by atoms with Crippen LogP contribution in [0.2, 0.25) is 0 Å². The van der Waals surface area contributed by atoms with Crippen molar-refractivity contribution in [1.82, 2.24) is 4.73 Å². The predicted molar refractivity (Wildman–Crippen MR) is 67.7 cm³/mol. The largest absolute Gasteiger partial charge is 0.480 e. The number of sulfonamides is 2. The van der Waals surface area contributed by atoms with Crippen molar-refractivity contribution in [1.29, 1.82) is 0 Å². The summed E-state index contributed by atoms with van der Waals surface area (Å²) in [5, 5.41) is 0. The summed E-state index contributed by atoms with van der Waals surface area (Å²) in [6.07, 6.45) is 3.55. The van der Waals surface area contributed by atoms with Gasteiger partial charge in [0, 0.05) is 6.92 Å². The molecule has 0 aliphatic heterocycles. The zero-order valence-corrected chi connectivity index (χ0v) is 14.2. The van der Waals surface area contributed by atoms with Gasteiger partial charge in [0.05, 0.1) is 0 Å². The van der Waals surface area contributed by atoms with Crippen molar-refractivity contribution in [2.75, 3.05) is 14.2 Å². The number of imidazole rings is 1. The average molecular weight is 423 g/mol. The van der Waals surface area contributed by atoms with E-state index in [0.717, 1.165) is 9.95 Å². The first kappa shape index (κ1) is 23.2. The van der Waals surface area contributed by atoms with Crippen molar-refractivity contribution in [2.24, 2.45) is 0 Å². The average Bonchev–Trinajstić information content (AvgIpc) is 2.76. The van der Waals surface area contributed by atoms with E-state index in [4.69, 9.17) is 9.68 Å². The molecule has 0 radical (unpaired) electrons. The lowest BCUT2D eigenvalue weighted by atomic mass is 10.7. The molecule has 0 aliphatic rings. The number of hydrogen-bond donors (Lipinski definition) is 0. The lowest BCUT2D eigenvalue weighted by Gasteiger charge is -2.22. The highest BCUT2D eigenvalue weighted by molar-refractivity contribution is 8.13. The third-order valence-electron chi connectivity index (χ3n) is 2.15. The molecule has 0 unspecified atom stereocenters. The van der Waals surface area contributed by atoms with Crippen LogP contribution in [0.25, 0.3) is 4.13 Å². The van der Waals surface area contributed by atoms with Crippen LogP contribution in [0, 0.1) is 6.92 Å². The molecule has 0 bridgehead atoms. The van der Waals surface area contributed by atoms with E-state index in [9.17, 15) is 43.2 Å². The Balaban J connectivity index is 0.000000496. The molecule has 17 heteroatoms. The van der Waals surface area contributed by atoms with Crippen molar-refractivity contribution in [3.05, 3.63) is 22.3 Å². The van der Waals surface area contributed by atoms with Gasteiger partial charge in [0.2, 0.25) is 0 Å². The van der Waals surface area contributed by atoms with Gasteiger partial charge in [0.15, 0.2) is 32.4 Å². The van der Waals surface area contributed by atoms with E-state index in [2.05, 4.69) is 0 Å². The van der Waals surface area contributed by atoms with E-state index >= 15 is 0 Å². The fourth-order valence-corrected chi connectivity index (χ4v) is 2.74. The zero-order valence-electron chi connectivity index (χ0n) is 12.5. The highest BCUT2D eigenvalue weighted by atomic mass is 32.3. The first-order valence-electron chi connectivity index (χ1n) is 5.55. The Labute approximate surface area is 137 Å². The number of hydrogen-bond acceptors (Lipinski definition) is 6. The van der Waals surface area contributed by atoms with Gasteiger partial charge < -0.3 is 13.8 Å². The highest BCUT2D eigenvalue weighted by Crippen LogP contribution is 2.36. The molecule has 0 spiro atoms. The van der Waals surface area contributed by atoms with Crippen molar-refractivity contribution in [3.63, 3.8) is 0 Å². The van der Waals surface area contributed by atoms with Crippen LogP contribution in [0.15, 0.2) is 12.4 Å². The molecule has 1 heterocycles. The fraction of sp³-hybridized carbons (Fsp3) is 0.625. The number of alkyl halides is 6. The Bertz CT molecular complexity index is 719. The minimum atomic E-state index is -6.72. The molecule has 0 saturated heterocycles. The van der Waals surface area contributed by atoms with E-state index in [0.29, 0.717) is 0 Å². The first-order chi connectivity index (χ1) is 11.0. The van der Waals surface area contributed by atoms with Gasteiger partial charge in [-0.15, -0.1) is 0 Å². The summed E-state index contributed by atoms with van der Waals surface area (Å²) in [5.41, 5.74) is -12.4. The van der Waals surface area contributed by atoms with Crippen molar-refractivity contribution in [3.8, 4) is 0 Å². The second kappa shape index (κ2) is 7.65. The number of rotatable bonds is 4. The van der Waals surface area contributed by atoms with Crippen LogP contribution in [-0.2, 0) is 20.0 Å². The highest BCUT2D eigenvalue weighted by Gasteiger charge is 2.46. The maximum atomic E-state index is 11.4. The van der Waals surface area contributed by atoms with E-state index in [1.165, 1.54) is 0 Å². The molecule has 0 fully saturated rings.